The molecule has 0 unspecified atom stereocenters. The van der Waals surface area contributed by atoms with E-state index >= 15 is 0 Å². The molecule has 7 nitrogen and oxygen atoms in total. The minimum Gasteiger partial charge on any atom is -0.273 e. The molecular formula is C17H12ClFN4O3. The molecule has 1 heterocycles. The molecule has 0 fully saturated rings. The smallest absolute Gasteiger partial charge is 0.273 e. The van der Waals surface area contributed by atoms with Gasteiger partial charge in [-0.25, -0.2) is 9.49 Å². The van der Waals surface area contributed by atoms with Crippen LogP contribution in [-0.4, -0.2) is 22.0 Å². The Morgan fingerprint density at radius 1 is 1.08 bits per heavy atom. The Morgan fingerprint density at radius 3 is 2.54 bits per heavy atom. The van der Waals surface area contributed by atoms with Crippen molar-refractivity contribution < 1.29 is 14.0 Å². The number of nitrogens with one attached hydrogen (secondary N) is 3. The van der Waals surface area contributed by atoms with Crippen molar-refractivity contribution in [3.8, 4) is 0 Å². The predicted molar refractivity (Wildman–Crippen MR) is 93.1 cm³/mol. The lowest BCUT2D eigenvalue weighted by atomic mass is 10.1. The number of halogens is 2. The molecule has 1 aromatic heterocycles. The Balaban J connectivity index is 1.73. The van der Waals surface area contributed by atoms with Crippen molar-refractivity contribution in [2.75, 3.05) is 0 Å². The number of hydrazine groups is 1. The summed E-state index contributed by atoms with van der Waals surface area (Å²) in [6.07, 6.45) is -0.356. The molecule has 26 heavy (non-hydrogen) atoms. The van der Waals surface area contributed by atoms with Crippen LogP contribution >= 0.6 is 11.6 Å². The molecule has 9 heteroatoms. The summed E-state index contributed by atoms with van der Waals surface area (Å²) in [6, 6.07) is 10.5. The van der Waals surface area contributed by atoms with Crippen molar-refractivity contribution in [3.05, 3.63) is 74.9 Å². The fourth-order valence-electron chi connectivity index (χ4n) is 2.38. The number of H-pyrrole nitrogens is 1. The van der Waals surface area contributed by atoms with Gasteiger partial charge in [-0.05, 0) is 18.2 Å². The van der Waals surface area contributed by atoms with Crippen molar-refractivity contribution in [2.24, 2.45) is 0 Å². The summed E-state index contributed by atoms with van der Waals surface area (Å²) in [6.45, 7) is 0. The zero-order valence-electron chi connectivity index (χ0n) is 13.2. The number of hydrogen-bond acceptors (Lipinski definition) is 4. The highest BCUT2D eigenvalue weighted by Gasteiger charge is 2.16. The van der Waals surface area contributed by atoms with Crippen molar-refractivity contribution in [2.45, 2.75) is 6.42 Å². The molecule has 0 radical (unpaired) electrons. The van der Waals surface area contributed by atoms with Crippen LogP contribution in [0.5, 0.6) is 0 Å². The van der Waals surface area contributed by atoms with Gasteiger partial charge in [0.2, 0.25) is 5.91 Å². The van der Waals surface area contributed by atoms with Crippen LogP contribution in [0.1, 0.15) is 16.1 Å². The zero-order valence-corrected chi connectivity index (χ0v) is 13.9. The van der Waals surface area contributed by atoms with E-state index in [0.29, 0.717) is 5.39 Å². The van der Waals surface area contributed by atoms with Gasteiger partial charge in [0.25, 0.3) is 11.5 Å². The van der Waals surface area contributed by atoms with Crippen molar-refractivity contribution in [1.82, 2.24) is 21.0 Å². The lowest BCUT2D eigenvalue weighted by Crippen LogP contribution is -2.43. The van der Waals surface area contributed by atoms with E-state index in [0.717, 1.165) is 0 Å². The van der Waals surface area contributed by atoms with Crippen LogP contribution in [0.2, 0.25) is 5.02 Å². The minimum absolute atomic E-state index is 0.0218. The van der Waals surface area contributed by atoms with Crippen LogP contribution in [0.15, 0.2) is 47.3 Å². The maximum atomic E-state index is 13.7. The molecule has 0 aliphatic carbocycles. The number of aromatic nitrogens is 2. The van der Waals surface area contributed by atoms with E-state index in [2.05, 4.69) is 21.0 Å². The normalized spacial score (nSPS) is 10.5. The molecule has 0 spiro atoms. The van der Waals surface area contributed by atoms with E-state index in [-0.39, 0.29) is 28.1 Å². The van der Waals surface area contributed by atoms with Crippen molar-refractivity contribution >= 4 is 34.2 Å². The van der Waals surface area contributed by atoms with Crippen LogP contribution in [0.4, 0.5) is 4.39 Å². The van der Waals surface area contributed by atoms with E-state index in [1.54, 1.807) is 24.3 Å². The number of benzene rings is 2. The summed E-state index contributed by atoms with van der Waals surface area (Å²) in [4.78, 5) is 35.9. The standard InChI is InChI=1S/C17H12ClFN4O3/c18-12-6-3-7-13(19)11(12)8-14(24)20-23-17(26)15-9-4-1-2-5-10(9)16(25)22-21-15/h1-7H,8H2,(H,20,24)(H,22,25)(H,23,26). The van der Waals surface area contributed by atoms with E-state index in [1.165, 1.54) is 18.2 Å². The topological polar surface area (TPSA) is 104 Å². The Morgan fingerprint density at radius 2 is 1.81 bits per heavy atom. The number of carbonyl (C=O) groups is 2. The predicted octanol–water partition coefficient (Wildman–Crippen LogP) is 1.72. The first-order valence-electron chi connectivity index (χ1n) is 7.47. The van der Waals surface area contributed by atoms with Gasteiger partial charge in [0, 0.05) is 16.0 Å². The molecule has 3 rings (SSSR count). The fraction of sp³-hybridized carbons (Fsp3) is 0.0588. The van der Waals surface area contributed by atoms with Crippen LogP contribution in [0.25, 0.3) is 10.8 Å². The number of fused-ring (bicyclic) bond motifs is 1. The Kier molecular flexibility index (Phi) is 4.94. The van der Waals surface area contributed by atoms with Gasteiger partial charge in [-0.15, -0.1) is 0 Å². The van der Waals surface area contributed by atoms with Gasteiger partial charge in [-0.3, -0.25) is 25.2 Å². The first kappa shape index (κ1) is 17.6. The van der Waals surface area contributed by atoms with Gasteiger partial charge in [-0.1, -0.05) is 35.9 Å². The molecule has 0 aliphatic rings. The highest BCUT2D eigenvalue weighted by atomic mass is 35.5. The molecule has 3 aromatic rings. The number of nitrogens with zero attached hydrogens (tertiary/aromatic N) is 1. The van der Waals surface area contributed by atoms with E-state index in [4.69, 9.17) is 11.6 Å². The molecule has 0 atom stereocenters. The summed E-state index contributed by atoms with van der Waals surface area (Å²) >= 11 is 5.86. The maximum absolute atomic E-state index is 13.7. The molecular weight excluding hydrogens is 363 g/mol. The van der Waals surface area contributed by atoms with Gasteiger partial charge >= 0.3 is 0 Å². The molecule has 3 N–H and O–H groups in total. The van der Waals surface area contributed by atoms with E-state index < -0.39 is 23.2 Å². The summed E-state index contributed by atoms with van der Waals surface area (Å²) in [5, 5.41) is 6.67. The van der Waals surface area contributed by atoms with Gasteiger partial charge in [0.15, 0.2) is 5.69 Å². The van der Waals surface area contributed by atoms with Gasteiger partial charge in [-0.2, -0.15) is 5.10 Å². The summed E-state index contributed by atoms with van der Waals surface area (Å²) in [7, 11) is 0. The lowest BCUT2D eigenvalue weighted by molar-refractivity contribution is -0.121. The third-order valence-electron chi connectivity index (χ3n) is 3.63. The second kappa shape index (κ2) is 7.32. The van der Waals surface area contributed by atoms with Gasteiger partial charge in [0.05, 0.1) is 11.8 Å². The van der Waals surface area contributed by atoms with Crippen LogP contribution in [-0.2, 0) is 11.2 Å². The summed E-state index contributed by atoms with van der Waals surface area (Å²) in [5.74, 6) is -2.02. The molecule has 2 aromatic carbocycles. The lowest BCUT2D eigenvalue weighted by Gasteiger charge is -2.09. The van der Waals surface area contributed by atoms with E-state index in [9.17, 15) is 18.8 Å². The third-order valence-corrected chi connectivity index (χ3v) is 3.98. The first-order valence-corrected chi connectivity index (χ1v) is 7.84. The number of rotatable bonds is 3. The SMILES string of the molecule is O=C(Cc1c(F)cccc1Cl)NNC(=O)c1n[nH]c(=O)c2ccccc12. The van der Waals surface area contributed by atoms with Crippen LogP contribution < -0.4 is 16.4 Å². The molecule has 2 amide bonds. The Labute approximate surface area is 151 Å². The number of hydrogen-bond donors (Lipinski definition) is 3. The second-order valence-electron chi connectivity index (χ2n) is 5.33. The second-order valence-corrected chi connectivity index (χ2v) is 5.73. The maximum Gasteiger partial charge on any atom is 0.290 e. The van der Waals surface area contributed by atoms with Gasteiger partial charge < -0.3 is 0 Å². The first-order chi connectivity index (χ1) is 12.5. The zero-order chi connectivity index (χ0) is 18.7. The van der Waals surface area contributed by atoms with E-state index in [1.807, 2.05) is 0 Å². The highest BCUT2D eigenvalue weighted by molar-refractivity contribution is 6.31. The molecule has 0 saturated heterocycles. The quantitative estimate of drug-likeness (QED) is 0.607. The monoisotopic (exact) mass is 374 g/mol. The van der Waals surface area contributed by atoms with Crippen molar-refractivity contribution in [1.29, 1.82) is 0 Å². The molecule has 0 saturated carbocycles. The Hall–Kier alpha value is -3.26. The molecule has 0 aliphatic heterocycles. The third kappa shape index (κ3) is 3.55. The summed E-state index contributed by atoms with van der Waals surface area (Å²) < 4.78 is 13.7. The van der Waals surface area contributed by atoms with Gasteiger partial charge in [0.1, 0.15) is 5.82 Å². The summed E-state index contributed by atoms with van der Waals surface area (Å²) in [5.41, 5.74) is 3.87. The number of carbonyl (C=O) groups excluding carboxylic acids is 2. The highest BCUT2D eigenvalue weighted by Crippen LogP contribution is 2.19. The number of aromatic amines is 1. The molecule has 0 bridgehead atoms. The largest absolute Gasteiger partial charge is 0.290 e. The fourth-order valence-corrected chi connectivity index (χ4v) is 2.61. The van der Waals surface area contributed by atoms with Crippen LogP contribution in [0, 0.1) is 5.82 Å². The average molecular weight is 375 g/mol. The van der Waals surface area contributed by atoms with Crippen molar-refractivity contribution in [3.63, 3.8) is 0 Å². The van der Waals surface area contributed by atoms with Crippen LogP contribution in [0.3, 0.4) is 0 Å². The average Bonchev–Trinajstić information content (AvgIpc) is 2.63. The molecule has 132 valence electrons. The Bertz CT molecular complexity index is 1050. The minimum atomic E-state index is -0.731. The number of amides is 2.